The van der Waals surface area contributed by atoms with Gasteiger partial charge >= 0.3 is 0 Å². The Hall–Kier alpha value is -1.08. The Kier molecular flexibility index (Phi) is 5.27. The molecule has 1 saturated heterocycles. The molecular weight excluding hydrogens is 204 g/mol. The van der Waals surface area contributed by atoms with Gasteiger partial charge in [-0.3, -0.25) is 4.79 Å². The number of nitriles is 1. The van der Waals surface area contributed by atoms with Gasteiger partial charge in [0.05, 0.1) is 12.2 Å². The first-order chi connectivity index (χ1) is 7.65. The molecule has 1 fully saturated rings. The average Bonchev–Trinajstić information content (AvgIpc) is 2.28. The summed E-state index contributed by atoms with van der Waals surface area (Å²) in [5.74, 6) is -0.674. The van der Waals surface area contributed by atoms with E-state index in [0.29, 0.717) is 6.54 Å². The first-order valence-electron chi connectivity index (χ1n) is 5.94. The molecule has 0 aliphatic carbocycles. The summed E-state index contributed by atoms with van der Waals surface area (Å²) < 4.78 is 5.50. The van der Waals surface area contributed by atoms with Crippen LogP contribution in [0.15, 0.2) is 0 Å². The highest BCUT2D eigenvalue weighted by atomic mass is 16.5. The van der Waals surface area contributed by atoms with Gasteiger partial charge in [-0.1, -0.05) is 13.8 Å². The van der Waals surface area contributed by atoms with Crippen molar-refractivity contribution in [3.63, 3.8) is 0 Å². The lowest BCUT2D eigenvalue weighted by Gasteiger charge is -2.23. The summed E-state index contributed by atoms with van der Waals surface area (Å²) in [5, 5.41) is 11.7. The lowest BCUT2D eigenvalue weighted by molar-refractivity contribution is -0.125. The predicted molar refractivity (Wildman–Crippen MR) is 60.5 cm³/mol. The molecule has 4 heteroatoms. The fraction of sp³-hybridized carbons (Fsp3) is 0.833. The maximum Gasteiger partial charge on any atom is 0.237 e. The molecule has 16 heavy (non-hydrogen) atoms. The van der Waals surface area contributed by atoms with Crippen LogP contribution in [-0.2, 0) is 9.53 Å². The lowest BCUT2D eigenvalue weighted by atomic mass is 9.96. The molecule has 4 nitrogen and oxygen atoms in total. The van der Waals surface area contributed by atoms with Crippen LogP contribution in [0.2, 0.25) is 0 Å². The SMILES string of the molecule is CC(C)C(C#N)C(=O)NCC1CCCCO1. The van der Waals surface area contributed by atoms with Crippen LogP contribution in [0, 0.1) is 23.2 Å². The molecule has 0 aromatic rings. The van der Waals surface area contributed by atoms with Crippen LogP contribution in [0.25, 0.3) is 0 Å². The third-order valence-corrected chi connectivity index (χ3v) is 2.87. The van der Waals surface area contributed by atoms with Crippen LogP contribution in [0.1, 0.15) is 33.1 Å². The highest BCUT2D eigenvalue weighted by molar-refractivity contribution is 5.81. The van der Waals surface area contributed by atoms with E-state index in [2.05, 4.69) is 5.32 Å². The van der Waals surface area contributed by atoms with Gasteiger partial charge in [0.2, 0.25) is 5.91 Å². The molecule has 90 valence electrons. The highest BCUT2D eigenvalue weighted by Crippen LogP contribution is 2.13. The molecule has 0 radical (unpaired) electrons. The lowest BCUT2D eigenvalue weighted by Crippen LogP contribution is -2.39. The van der Waals surface area contributed by atoms with Crippen LogP contribution >= 0.6 is 0 Å². The summed E-state index contributed by atoms with van der Waals surface area (Å²) >= 11 is 0. The van der Waals surface area contributed by atoms with Crippen molar-refractivity contribution in [3.05, 3.63) is 0 Å². The zero-order valence-corrected chi connectivity index (χ0v) is 10.0. The van der Waals surface area contributed by atoms with Gasteiger partial charge in [0.1, 0.15) is 5.92 Å². The van der Waals surface area contributed by atoms with E-state index in [1.54, 1.807) is 0 Å². The van der Waals surface area contributed by atoms with Gasteiger partial charge in [0, 0.05) is 13.2 Å². The van der Waals surface area contributed by atoms with E-state index in [1.165, 1.54) is 0 Å². The van der Waals surface area contributed by atoms with Gasteiger partial charge in [-0.25, -0.2) is 0 Å². The molecule has 2 atom stereocenters. The summed E-state index contributed by atoms with van der Waals surface area (Å²) in [4.78, 5) is 11.7. The van der Waals surface area contributed by atoms with Crippen molar-refractivity contribution < 1.29 is 9.53 Å². The molecule has 0 bridgehead atoms. The van der Waals surface area contributed by atoms with Crippen molar-refractivity contribution in [2.45, 2.75) is 39.2 Å². The molecule has 0 aromatic carbocycles. The molecule has 0 saturated carbocycles. The summed E-state index contributed by atoms with van der Waals surface area (Å²) in [6.45, 7) is 5.07. The Morgan fingerprint density at radius 1 is 1.56 bits per heavy atom. The maximum atomic E-state index is 11.7. The Morgan fingerprint density at radius 3 is 2.81 bits per heavy atom. The minimum Gasteiger partial charge on any atom is -0.376 e. The first kappa shape index (κ1) is 13.0. The van der Waals surface area contributed by atoms with Crippen molar-refractivity contribution in [2.75, 3.05) is 13.2 Å². The van der Waals surface area contributed by atoms with E-state index >= 15 is 0 Å². The quantitative estimate of drug-likeness (QED) is 0.786. The number of carbonyl (C=O) groups is 1. The van der Waals surface area contributed by atoms with Crippen molar-refractivity contribution in [1.82, 2.24) is 5.32 Å². The number of carbonyl (C=O) groups excluding carboxylic acids is 1. The van der Waals surface area contributed by atoms with E-state index in [1.807, 2.05) is 19.9 Å². The number of nitrogens with zero attached hydrogens (tertiary/aromatic N) is 1. The van der Waals surface area contributed by atoms with E-state index in [0.717, 1.165) is 25.9 Å². The fourth-order valence-corrected chi connectivity index (χ4v) is 1.80. The standard InChI is InChI=1S/C12H20N2O2/c1-9(2)11(7-13)12(15)14-8-10-5-3-4-6-16-10/h9-11H,3-6,8H2,1-2H3,(H,14,15). The molecule has 1 N–H and O–H groups in total. The number of hydrogen-bond acceptors (Lipinski definition) is 3. The molecule has 1 aliphatic heterocycles. The predicted octanol–water partition coefficient (Wildman–Crippen LogP) is 1.47. The number of rotatable bonds is 4. The van der Waals surface area contributed by atoms with Crippen LogP contribution < -0.4 is 5.32 Å². The van der Waals surface area contributed by atoms with Gasteiger partial charge in [-0.05, 0) is 25.2 Å². The Labute approximate surface area is 97.0 Å². The minimum atomic E-state index is -0.552. The van der Waals surface area contributed by atoms with Crippen molar-refractivity contribution in [2.24, 2.45) is 11.8 Å². The van der Waals surface area contributed by atoms with E-state index in [9.17, 15) is 4.79 Å². The second kappa shape index (κ2) is 6.49. The second-order valence-corrected chi connectivity index (χ2v) is 4.58. The van der Waals surface area contributed by atoms with Gasteiger partial charge in [0.15, 0.2) is 0 Å². The van der Waals surface area contributed by atoms with E-state index in [-0.39, 0.29) is 17.9 Å². The Balaban J connectivity index is 2.31. The molecule has 1 amide bonds. The number of hydrogen-bond donors (Lipinski definition) is 1. The van der Waals surface area contributed by atoms with Gasteiger partial charge in [-0.15, -0.1) is 0 Å². The second-order valence-electron chi connectivity index (χ2n) is 4.58. The summed E-state index contributed by atoms with van der Waals surface area (Å²) in [7, 11) is 0. The molecule has 1 rings (SSSR count). The van der Waals surface area contributed by atoms with Gasteiger partial charge in [0.25, 0.3) is 0 Å². The number of ether oxygens (including phenoxy) is 1. The molecule has 0 spiro atoms. The third-order valence-electron chi connectivity index (χ3n) is 2.87. The molecule has 0 aromatic heterocycles. The van der Waals surface area contributed by atoms with Crippen molar-refractivity contribution in [3.8, 4) is 6.07 Å². The van der Waals surface area contributed by atoms with Crippen molar-refractivity contribution >= 4 is 5.91 Å². The zero-order valence-electron chi connectivity index (χ0n) is 10.0. The van der Waals surface area contributed by atoms with Crippen LogP contribution in [0.3, 0.4) is 0 Å². The molecule has 1 aliphatic rings. The maximum absolute atomic E-state index is 11.7. The summed E-state index contributed by atoms with van der Waals surface area (Å²) in [5.41, 5.74) is 0. The Morgan fingerprint density at radius 2 is 2.31 bits per heavy atom. The average molecular weight is 224 g/mol. The first-order valence-corrected chi connectivity index (χ1v) is 5.94. The van der Waals surface area contributed by atoms with Crippen LogP contribution in [0.4, 0.5) is 0 Å². The van der Waals surface area contributed by atoms with Crippen LogP contribution in [-0.4, -0.2) is 25.2 Å². The summed E-state index contributed by atoms with van der Waals surface area (Å²) in [6.07, 6.45) is 3.40. The number of nitrogens with one attached hydrogen (secondary N) is 1. The third kappa shape index (κ3) is 3.82. The fourth-order valence-electron chi connectivity index (χ4n) is 1.80. The minimum absolute atomic E-state index is 0.0530. The molecule has 1 heterocycles. The summed E-state index contributed by atoms with van der Waals surface area (Å²) in [6, 6.07) is 2.04. The molecular formula is C12H20N2O2. The van der Waals surface area contributed by atoms with Gasteiger partial charge in [-0.2, -0.15) is 5.26 Å². The molecule has 2 unspecified atom stereocenters. The van der Waals surface area contributed by atoms with Crippen LogP contribution in [0.5, 0.6) is 0 Å². The van der Waals surface area contributed by atoms with E-state index in [4.69, 9.17) is 10.00 Å². The zero-order chi connectivity index (χ0) is 12.0. The normalized spacial score (nSPS) is 22.5. The smallest absolute Gasteiger partial charge is 0.237 e. The highest BCUT2D eigenvalue weighted by Gasteiger charge is 2.22. The number of amides is 1. The topological polar surface area (TPSA) is 62.1 Å². The van der Waals surface area contributed by atoms with Crippen molar-refractivity contribution in [1.29, 1.82) is 5.26 Å². The largest absolute Gasteiger partial charge is 0.376 e. The Bertz CT molecular complexity index is 265. The van der Waals surface area contributed by atoms with Gasteiger partial charge < -0.3 is 10.1 Å². The monoisotopic (exact) mass is 224 g/mol. The van der Waals surface area contributed by atoms with E-state index < -0.39 is 5.92 Å².